The maximum Gasteiger partial charge on any atom is 0.357 e. The lowest BCUT2D eigenvalue weighted by molar-refractivity contribution is 0.0516. The lowest BCUT2D eigenvalue weighted by Gasteiger charge is -2.17. The molecular weight excluding hydrogens is 242 g/mol. The van der Waals surface area contributed by atoms with Gasteiger partial charge in [-0.05, 0) is 37.7 Å². The van der Waals surface area contributed by atoms with Crippen molar-refractivity contribution in [2.24, 2.45) is 5.92 Å². The Morgan fingerprint density at radius 2 is 2.32 bits per heavy atom. The standard InChI is InChI=1S/C14H19N3O2/c1-3-11-12(13(18)19-4-2)17-8-10(9-5-6-9)7-15-14(17)16-11/h8-9H,3-7H2,1-2H3,(H,15,16). The first-order valence-electron chi connectivity index (χ1n) is 6.97. The molecule has 1 saturated carbocycles. The van der Waals surface area contributed by atoms with Gasteiger partial charge in [-0.3, -0.25) is 4.57 Å². The topological polar surface area (TPSA) is 56.1 Å². The lowest BCUT2D eigenvalue weighted by atomic mass is 10.1. The second kappa shape index (κ2) is 4.72. The van der Waals surface area contributed by atoms with E-state index in [9.17, 15) is 4.79 Å². The fourth-order valence-electron chi connectivity index (χ4n) is 2.49. The van der Waals surface area contributed by atoms with Crippen LogP contribution in [0.25, 0.3) is 6.20 Å². The number of nitrogens with zero attached hydrogens (tertiary/aromatic N) is 2. The second-order valence-electron chi connectivity index (χ2n) is 5.01. The molecule has 5 heteroatoms. The number of ether oxygens (including phenoxy) is 1. The SMILES string of the molecule is CCOC(=O)c1c(CC)nc2n1C=C(C1CC1)CN2. The molecule has 102 valence electrons. The molecule has 0 saturated heterocycles. The van der Waals surface area contributed by atoms with Crippen LogP contribution in [-0.4, -0.2) is 28.7 Å². The third kappa shape index (κ3) is 2.13. The number of imidazole rings is 1. The Kier molecular flexibility index (Phi) is 3.05. The van der Waals surface area contributed by atoms with Gasteiger partial charge in [0, 0.05) is 12.7 Å². The summed E-state index contributed by atoms with van der Waals surface area (Å²) in [7, 11) is 0. The van der Waals surface area contributed by atoms with Crippen LogP contribution in [0.4, 0.5) is 5.95 Å². The normalized spacial score (nSPS) is 17.5. The molecule has 2 aliphatic rings. The van der Waals surface area contributed by atoms with Gasteiger partial charge in [0.15, 0.2) is 5.69 Å². The molecule has 1 aliphatic carbocycles. The van der Waals surface area contributed by atoms with Crippen LogP contribution in [0.2, 0.25) is 0 Å². The number of hydrogen-bond acceptors (Lipinski definition) is 4. The Labute approximate surface area is 112 Å². The van der Waals surface area contributed by atoms with Crippen molar-refractivity contribution < 1.29 is 9.53 Å². The first kappa shape index (κ1) is 12.3. The molecule has 2 heterocycles. The van der Waals surface area contributed by atoms with Crippen molar-refractivity contribution in [3.63, 3.8) is 0 Å². The van der Waals surface area contributed by atoms with Gasteiger partial charge in [-0.15, -0.1) is 0 Å². The predicted octanol–water partition coefficient (Wildman–Crippen LogP) is 2.30. The molecule has 0 atom stereocenters. The first-order chi connectivity index (χ1) is 9.24. The zero-order chi connectivity index (χ0) is 13.4. The summed E-state index contributed by atoms with van der Waals surface area (Å²) in [6.07, 6.45) is 5.31. The number of carbonyl (C=O) groups is 1. The van der Waals surface area contributed by atoms with E-state index in [1.807, 2.05) is 18.4 Å². The quantitative estimate of drug-likeness (QED) is 0.845. The summed E-state index contributed by atoms with van der Waals surface area (Å²) >= 11 is 0. The highest BCUT2D eigenvalue weighted by Gasteiger charge is 2.30. The van der Waals surface area contributed by atoms with Crippen molar-refractivity contribution in [2.75, 3.05) is 18.5 Å². The summed E-state index contributed by atoms with van der Waals surface area (Å²) in [6.45, 7) is 5.05. The number of aromatic nitrogens is 2. The molecule has 0 amide bonds. The van der Waals surface area contributed by atoms with Crippen molar-refractivity contribution in [3.8, 4) is 0 Å². The fourth-order valence-corrected chi connectivity index (χ4v) is 2.49. The average Bonchev–Trinajstić information content (AvgIpc) is 3.18. The minimum absolute atomic E-state index is 0.284. The summed E-state index contributed by atoms with van der Waals surface area (Å²) in [5, 5.41) is 3.30. The maximum atomic E-state index is 12.1. The highest BCUT2D eigenvalue weighted by Crippen LogP contribution is 2.38. The van der Waals surface area contributed by atoms with Crippen molar-refractivity contribution in [1.29, 1.82) is 0 Å². The van der Waals surface area contributed by atoms with Crippen LogP contribution in [0.15, 0.2) is 5.57 Å². The number of nitrogens with one attached hydrogen (secondary N) is 1. The maximum absolute atomic E-state index is 12.1. The summed E-state index contributed by atoms with van der Waals surface area (Å²) in [5.74, 6) is 1.15. The molecule has 1 aliphatic heterocycles. The molecule has 0 spiro atoms. The molecule has 1 aromatic heterocycles. The van der Waals surface area contributed by atoms with E-state index in [2.05, 4.69) is 16.5 Å². The zero-order valence-corrected chi connectivity index (χ0v) is 11.4. The molecule has 0 aromatic carbocycles. The van der Waals surface area contributed by atoms with E-state index in [0.717, 1.165) is 24.6 Å². The van der Waals surface area contributed by atoms with E-state index in [1.165, 1.54) is 18.4 Å². The Hall–Kier alpha value is -1.78. The highest BCUT2D eigenvalue weighted by atomic mass is 16.5. The van der Waals surface area contributed by atoms with Gasteiger partial charge in [0.1, 0.15) is 0 Å². The van der Waals surface area contributed by atoms with Crippen LogP contribution in [0, 0.1) is 5.92 Å². The largest absolute Gasteiger partial charge is 0.461 e. The Bertz CT molecular complexity index is 541. The van der Waals surface area contributed by atoms with Gasteiger partial charge in [-0.2, -0.15) is 0 Å². The Balaban J connectivity index is 2.03. The van der Waals surface area contributed by atoms with Gasteiger partial charge in [0.05, 0.1) is 12.3 Å². The molecule has 3 rings (SSSR count). The van der Waals surface area contributed by atoms with Crippen LogP contribution in [0.3, 0.4) is 0 Å². The lowest BCUT2D eigenvalue weighted by Crippen LogP contribution is -2.19. The van der Waals surface area contributed by atoms with Crippen LogP contribution in [-0.2, 0) is 11.2 Å². The summed E-state index contributed by atoms with van der Waals surface area (Å²) < 4.78 is 7.02. The number of anilines is 1. The van der Waals surface area contributed by atoms with E-state index >= 15 is 0 Å². The van der Waals surface area contributed by atoms with Crippen LogP contribution in [0.5, 0.6) is 0 Å². The Morgan fingerprint density at radius 1 is 1.53 bits per heavy atom. The molecule has 0 unspecified atom stereocenters. The first-order valence-corrected chi connectivity index (χ1v) is 6.97. The van der Waals surface area contributed by atoms with Crippen LogP contribution in [0.1, 0.15) is 42.9 Å². The minimum Gasteiger partial charge on any atom is -0.461 e. The molecule has 1 fully saturated rings. The monoisotopic (exact) mass is 261 g/mol. The van der Waals surface area contributed by atoms with Crippen LogP contribution < -0.4 is 5.32 Å². The van der Waals surface area contributed by atoms with Crippen molar-refractivity contribution in [2.45, 2.75) is 33.1 Å². The number of esters is 1. The van der Waals surface area contributed by atoms with E-state index in [1.54, 1.807) is 0 Å². The fraction of sp³-hybridized carbons (Fsp3) is 0.571. The van der Waals surface area contributed by atoms with Crippen LogP contribution >= 0.6 is 0 Å². The van der Waals surface area contributed by atoms with E-state index < -0.39 is 0 Å². The number of fused-ring (bicyclic) bond motifs is 1. The van der Waals surface area contributed by atoms with Gasteiger partial charge < -0.3 is 10.1 Å². The molecular formula is C14H19N3O2. The van der Waals surface area contributed by atoms with Crippen molar-refractivity contribution in [1.82, 2.24) is 9.55 Å². The third-order valence-electron chi connectivity index (χ3n) is 3.63. The van der Waals surface area contributed by atoms with E-state index in [0.29, 0.717) is 18.2 Å². The zero-order valence-electron chi connectivity index (χ0n) is 11.4. The third-order valence-corrected chi connectivity index (χ3v) is 3.63. The van der Waals surface area contributed by atoms with Gasteiger partial charge in [-0.1, -0.05) is 6.92 Å². The molecule has 5 nitrogen and oxygen atoms in total. The molecule has 1 N–H and O–H groups in total. The van der Waals surface area contributed by atoms with Crippen molar-refractivity contribution >= 4 is 18.1 Å². The number of rotatable bonds is 4. The van der Waals surface area contributed by atoms with Gasteiger partial charge in [0.25, 0.3) is 0 Å². The molecule has 0 radical (unpaired) electrons. The average molecular weight is 261 g/mol. The summed E-state index contributed by atoms with van der Waals surface area (Å²) in [4.78, 5) is 16.6. The summed E-state index contributed by atoms with van der Waals surface area (Å²) in [5.41, 5.74) is 2.73. The van der Waals surface area contributed by atoms with Crippen molar-refractivity contribution in [3.05, 3.63) is 17.0 Å². The summed E-state index contributed by atoms with van der Waals surface area (Å²) in [6, 6.07) is 0. The van der Waals surface area contributed by atoms with Gasteiger partial charge in [0.2, 0.25) is 5.95 Å². The molecule has 19 heavy (non-hydrogen) atoms. The van der Waals surface area contributed by atoms with Gasteiger partial charge >= 0.3 is 5.97 Å². The second-order valence-corrected chi connectivity index (χ2v) is 5.01. The predicted molar refractivity (Wildman–Crippen MR) is 73.0 cm³/mol. The van der Waals surface area contributed by atoms with E-state index in [4.69, 9.17) is 4.74 Å². The van der Waals surface area contributed by atoms with Gasteiger partial charge in [-0.25, -0.2) is 9.78 Å². The minimum atomic E-state index is -0.284. The molecule has 1 aromatic rings. The number of carbonyl (C=O) groups excluding carboxylic acids is 1. The highest BCUT2D eigenvalue weighted by molar-refractivity contribution is 5.91. The number of aryl methyl sites for hydroxylation is 1. The molecule has 0 bridgehead atoms. The van der Waals surface area contributed by atoms with E-state index in [-0.39, 0.29) is 5.97 Å². The smallest absolute Gasteiger partial charge is 0.357 e. The number of hydrogen-bond donors (Lipinski definition) is 1. The Morgan fingerprint density at radius 3 is 2.95 bits per heavy atom.